The average Bonchev–Trinajstić information content (AvgIpc) is 2.78. The molecule has 0 unspecified atom stereocenters. The highest BCUT2D eigenvalue weighted by Gasteiger charge is 2.12. The van der Waals surface area contributed by atoms with Crippen LogP contribution >= 0.6 is 0 Å². The second kappa shape index (κ2) is 4.67. The summed E-state index contributed by atoms with van der Waals surface area (Å²) in [5, 5.41) is 8.66. The van der Waals surface area contributed by atoms with Crippen molar-refractivity contribution in [3.63, 3.8) is 0 Å². The highest BCUT2D eigenvalue weighted by molar-refractivity contribution is 5.81. The van der Waals surface area contributed by atoms with Crippen molar-refractivity contribution in [1.82, 2.24) is 9.55 Å². The number of hydrogen-bond donors (Lipinski definition) is 1. The van der Waals surface area contributed by atoms with Gasteiger partial charge in [-0.1, -0.05) is 18.2 Å². The van der Waals surface area contributed by atoms with Gasteiger partial charge in [0.1, 0.15) is 5.52 Å². The van der Waals surface area contributed by atoms with E-state index in [0.29, 0.717) is 11.9 Å². The first-order chi connectivity index (χ1) is 9.70. The van der Waals surface area contributed by atoms with Crippen LogP contribution in [0, 0.1) is 17.1 Å². The van der Waals surface area contributed by atoms with E-state index in [-0.39, 0.29) is 11.5 Å². The number of nitrogen functional groups attached to an aromatic ring is 1. The summed E-state index contributed by atoms with van der Waals surface area (Å²) in [5.41, 5.74) is 8.47. The van der Waals surface area contributed by atoms with Crippen LogP contribution < -0.4 is 5.73 Å². The number of fused-ring (bicyclic) bond motifs is 1. The summed E-state index contributed by atoms with van der Waals surface area (Å²) in [6, 6.07) is 14.2. The number of rotatable bonds is 2. The Morgan fingerprint density at radius 3 is 2.65 bits per heavy atom. The van der Waals surface area contributed by atoms with Crippen LogP contribution in [0.4, 0.5) is 10.3 Å². The van der Waals surface area contributed by atoms with Crippen LogP contribution in [0.5, 0.6) is 0 Å². The van der Waals surface area contributed by atoms with Gasteiger partial charge in [0, 0.05) is 5.69 Å². The van der Waals surface area contributed by atoms with Crippen LogP contribution in [0.15, 0.2) is 42.5 Å². The summed E-state index contributed by atoms with van der Waals surface area (Å²) in [7, 11) is 0. The van der Waals surface area contributed by atoms with Crippen molar-refractivity contribution >= 4 is 17.0 Å². The number of para-hydroxylation sites is 1. The molecule has 0 radical (unpaired) electrons. The zero-order chi connectivity index (χ0) is 14.1. The van der Waals surface area contributed by atoms with Gasteiger partial charge >= 0.3 is 0 Å². The van der Waals surface area contributed by atoms with Crippen LogP contribution in [0.2, 0.25) is 0 Å². The summed E-state index contributed by atoms with van der Waals surface area (Å²) >= 11 is 0. The normalized spacial score (nSPS) is 10.6. The van der Waals surface area contributed by atoms with Crippen LogP contribution in [-0.2, 0) is 6.42 Å². The van der Waals surface area contributed by atoms with Gasteiger partial charge in [-0.3, -0.25) is 4.57 Å². The monoisotopic (exact) mass is 266 g/mol. The lowest BCUT2D eigenvalue weighted by molar-refractivity contribution is 0.637. The summed E-state index contributed by atoms with van der Waals surface area (Å²) < 4.78 is 15.4. The molecule has 2 N–H and O–H groups in total. The molecule has 0 atom stereocenters. The number of halogens is 1. The minimum Gasteiger partial charge on any atom is -0.369 e. The molecule has 4 nitrogen and oxygen atoms in total. The van der Waals surface area contributed by atoms with E-state index in [1.54, 1.807) is 16.7 Å². The molecule has 3 rings (SSSR count). The topological polar surface area (TPSA) is 67.6 Å². The van der Waals surface area contributed by atoms with E-state index >= 15 is 0 Å². The van der Waals surface area contributed by atoms with Crippen LogP contribution in [-0.4, -0.2) is 9.55 Å². The quantitative estimate of drug-likeness (QED) is 0.775. The number of benzene rings is 2. The SMILES string of the molecule is N#CCc1ccc(-n2c(N)nc3c(F)cccc32)cc1. The van der Waals surface area contributed by atoms with Gasteiger partial charge in [0.25, 0.3) is 0 Å². The maximum atomic E-state index is 13.7. The van der Waals surface area contributed by atoms with E-state index in [4.69, 9.17) is 11.0 Å². The van der Waals surface area contributed by atoms with Crippen molar-refractivity contribution in [1.29, 1.82) is 5.26 Å². The molecule has 0 spiro atoms. The Morgan fingerprint density at radius 2 is 1.95 bits per heavy atom. The summed E-state index contributed by atoms with van der Waals surface area (Å²) in [6.45, 7) is 0. The zero-order valence-electron chi connectivity index (χ0n) is 10.5. The lowest BCUT2D eigenvalue weighted by Crippen LogP contribution is -2.00. The lowest BCUT2D eigenvalue weighted by atomic mass is 10.1. The molecule has 98 valence electrons. The highest BCUT2D eigenvalue weighted by Crippen LogP contribution is 2.24. The molecule has 20 heavy (non-hydrogen) atoms. The van der Waals surface area contributed by atoms with Gasteiger partial charge in [0.05, 0.1) is 18.0 Å². The Balaban J connectivity index is 2.17. The van der Waals surface area contributed by atoms with E-state index in [1.165, 1.54) is 6.07 Å². The largest absolute Gasteiger partial charge is 0.369 e. The summed E-state index contributed by atoms with van der Waals surface area (Å²) in [6.07, 6.45) is 0.356. The molecule has 0 aliphatic carbocycles. The summed E-state index contributed by atoms with van der Waals surface area (Å²) in [5.74, 6) is -0.160. The molecule has 1 aromatic heterocycles. The molecule has 0 saturated heterocycles. The first-order valence-electron chi connectivity index (χ1n) is 6.09. The van der Waals surface area contributed by atoms with Crippen LogP contribution in [0.1, 0.15) is 5.56 Å². The molecule has 0 aliphatic rings. The predicted octanol–water partition coefficient (Wildman–Crippen LogP) is 2.81. The Kier molecular flexibility index (Phi) is 2.84. The van der Waals surface area contributed by atoms with E-state index in [2.05, 4.69) is 11.1 Å². The molecule has 0 fully saturated rings. The standard InChI is InChI=1S/C15H11FN4/c16-12-2-1-3-13-14(12)19-15(18)20(13)11-6-4-10(5-7-11)8-9-17/h1-7H,8H2,(H2,18,19). The van der Waals surface area contributed by atoms with Gasteiger partial charge in [-0.15, -0.1) is 0 Å². The molecule has 5 heteroatoms. The third kappa shape index (κ3) is 1.88. The molecule has 0 amide bonds. The van der Waals surface area contributed by atoms with Crippen LogP contribution in [0.25, 0.3) is 16.7 Å². The Labute approximate surface area is 114 Å². The van der Waals surface area contributed by atoms with E-state index in [0.717, 1.165) is 11.3 Å². The zero-order valence-corrected chi connectivity index (χ0v) is 10.5. The van der Waals surface area contributed by atoms with Gasteiger partial charge < -0.3 is 5.73 Å². The van der Waals surface area contributed by atoms with Crippen molar-refractivity contribution < 1.29 is 4.39 Å². The fourth-order valence-corrected chi connectivity index (χ4v) is 2.21. The lowest BCUT2D eigenvalue weighted by Gasteiger charge is -2.07. The van der Waals surface area contributed by atoms with Crippen molar-refractivity contribution in [2.45, 2.75) is 6.42 Å². The molecule has 0 bridgehead atoms. The third-order valence-electron chi connectivity index (χ3n) is 3.14. The van der Waals surface area contributed by atoms with Crippen molar-refractivity contribution in [3.05, 3.63) is 53.8 Å². The number of imidazole rings is 1. The summed E-state index contributed by atoms with van der Waals surface area (Å²) in [4.78, 5) is 4.06. The van der Waals surface area contributed by atoms with Gasteiger partial charge in [0.2, 0.25) is 5.95 Å². The Hall–Kier alpha value is -2.87. The Bertz CT molecular complexity index is 812. The number of nitrogens with two attached hydrogens (primary N) is 1. The first-order valence-corrected chi connectivity index (χ1v) is 6.09. The first kappa shape index (κ1) is 12.2. The number of hydrogen-bond acceptors (Lipinski definition) is 3. The van der Waals surface area contributed by atoms with E-state index in [9.17, 15) is 4.39 Å². The minimum absolute atomic E-state index is 0.234. The molecular weight excluding hydrogens is 255 g/mol. The maximum Gasteiger partial charge on any atom is 0.206 e. The average molecular weight is 266 g/mol. The minimum atomic E-state index is -0.394. The smallest absolute Gasteiger partial charge is 0.206 e. The highest BCUT2D eigenvalue weighted by atomic mass is 19.1. The second-order valence-corrected chi connectivity index (χ2v) is 4.41. The van der Waals surface area contributed by atoms with E-state index < -0.39 is 5.82 Å². The van der Waals surface area contributed by atoms with Crippen molar-refractivity contribution in [3.8, 4) is 11.8 Å². The number of nitrogens with zero attached hydrogens (tertiary/aromatic N) is 3. The van der Waals surface area contributed by atoms with Gasteiger partial charge in [-0.05, 0) is 29.8 Å². The maximum absolute atomic E-state index is 13.7. The van der Waals surface area contributed by atoms with Crippen molar-refractivity contribution in [2.75, 3.05) is 5.73 Å². The number of anilines is 1. The van der Waals surface area contributed by atoms with Crippen molar-refractivity contribution in [2.24, 2.45) is 0 Å². The predicted molar refractivity (Wildman–Crippen MR) is 74.8 cm³/mol. The molecule has 0 aliphatic heterocycles. The molecule has 1 heterocycles. The molecule has 0 saturated carbocycles. The van der Waals surface area contributed by atoms with Crippen LogP contribution in [0.3, 0.4) is 0 Å². The molecule has 2 aromatic carbocycles. The second-order valence-electron chi connectivity index (χ2n) is 4.41. The van der Waals surface area contributed by atoms with Gasteiger partial charge in [-0.2, -0.15) is 5.26 Å². The van der Waals surface area contributed by atoms with Gasteiger partial charge in [0.15, 0.2) is 5.82 Å². The molecule has 3 aromatic rings. The number of nitriles is 1. The number of aromatic nitrogens is 2. The van der Waals surface area contributed by atoms with Gasteiger partial charge in [-0.25, -0.2) is 9.37 Å². The molecular formula is C15H11FN4. The van der Waals surface area contributed by atoms with E-state index in [1.807, 2.05) is 24.3 Å². The third-order valence-corrected chi connectivity index (χ3v) is 3.14. The Morgan fingerprint density at radius 1 is 1.20 bits per heavy atom. The fourth-order valence-electron chi connectivity index (χ4n) is 2.21. The fraction of sp³-hybridized carbons (Fsp3) is 0.0667.